The van der Waals surface area contributed by atoms with Crippen LogP contribution in [0.15, 0.2) is 18.2 Å². The van der Waals surface area contributed by atoms with E-state index in [-0.39, 0.29) is 0 Å². The van der Waals surface area contributed by atoms with Crippen molar-refractivity contribution in [2.75, 3.05) is 5.73 Å². The van der Waals surface area contributed by atoms with Gasteiger partial charge in [-0.05, 0) is 18.2 Å². The Morgan fingerprint density at radius 2 is 2.25 bits per heavy atom. The zero-order chi connectivity index (χ0) is 8.72. The molecule has 0 saturated carbocycles. The van der Waals surface area contributed by atoms with Crippen LogP contribution in [0.25, 0.3) is 10.9 Å². The molecule has 1 heterocycles. The van der Waals surface area contributed by atoms with Crippen molar-refractivity contribution in [3.05, 3.63) is 23.4 Å². The molecule has 2 aromatic rings. The van der Waals surface area contributed by atoms with Gasteiger partial charge in [-0.3, -0.25) is 4.68 Å². The summed E-state index contributed by atoms with van der Waals surface area (Å²) in [5.74, 6) is 0. The largest absolute Gasteiger partial charge is 0.399 e. The minimum Gasteiger partial charge on any atom is -0.399 e. The standard InChI is InChI=1S/C8H8ClN3/c1-12-8(9)6-4-5(10)2-3-7(6)11-12/h2-4H,10H2,1H3. The average Bonchev–Trinajstić information content (AvgIpc) is 2.31. The van der Waals surface area contributed by atoms with Gasteiger partial charge in [-0.25, -0.2) is 0 Å². The highest BCUT2D eigenvalue weighted by Gasteiger charge is 2.05. The van der Waals surface area contributed by atoms with E-state index in [2.05, 4.69) is 5.10 Å². The van der Waals surface area contributed by atoms with Crippen LogP contribution in [0, 0.1) is 0 Å². The fraction of sp³-hybridized carbons (Fsp3) is 0.125. The summed E-state index contributed by atoms with van der Waals surface area (Å²) in [6, 6.07) is 5.49. The Morgan fingerprint density at radius 1 is 1.50 bits per heavy atom. The first-order valence-electron chi connectivity index (χ1n) is 3.56. The van der Waals surface area contributed by atoms with Crippen molar-refractivity contribution in [2.24, 2.45) is 7.05 Å². The smallest absolute Gasteiger partial charge is 0.134 e. The summed E-state index contributed by atoms with van der Waals surface area (Å²) in [6.45, 7) is 0. The van der Waals surface area contributed by atoms with Gasteiger partial charge in [-0.15, -0.1) is 0 Å². The van der Waals surface area contributed by atoms with Gasteiger partial charge in [0.1, 0.15) is 5.15 Å². The van der Waals surface area contributed by atoms with Gasteiger partial charge in [-0.1, -0.05) is 11.6 Å². The van der Waals surface area contributed by atoms with E-state index in [4.69, 9.17) is 17.3 Å². The SMILES string of the molecule is Cn1nc2ccc(N)cc2c1Cl. The Morgan fingerprint density at radius 3 is 3.00 bits per heavy atom. The maximum Gasteiger partial charge on any atom is 0.134 e. The lowest BCUT2D eigenvalue weighted by Gasteiger charge is -1.91. The van der Waals surface area contributed by atoms with E-state index in [0.717, 1.165) is 10.9 Å². The summed E-state index contributed by atoms with van der Waals surface area (Å²) in [5.41, 5.74) is 7.18. The van der Waals surface area contributed by atoms with Crippen molar-refractivity contribution in [1.82, 2.24) is 9.78 Å². The molecule has 0 bridgehead atoms. The number of rotatable bonds is 0. The van der Waals surface area contributed by atoms with E-state index in [1.54, 1.807) is 11.7 Å². The predicted molar refractivity (Wildman–Crippen MR) is 50.1 cm³/mol. The highest BCUT2D eigenvalue weighted by Crippen LogP contribution is 2.23. The zero-order valence-corrected chi connectivity index (χ0v) is 7.34. The average molecular weight is 182 g/mol. The van der Waals surface area contributed by atoms with Crippen LogP contribution in [-0.4, -0.2) is 9.78 Å². The van der Waals surface area contributed by atoms with Crippen LogP contribution >= 0.6 is 11.6 Å². The number of nitrogens with two attached hydrogens (primary N) is 1. The van der Waals surface area contributed by atoms with Crippen molar-refractivity contribution in [1.29, 1.82) is 0 Å². The van der Waals surface area contributed by atoms with Crippen molar-refractivity contribution in [3.63, 3.8) is 0 Å². The van der Waals surface area contributed by atoms with Crippen LogP contribution in [0.4, 0.5) is 5.69 Å². The molecule has 0 fully saturated rings. The molecule has 1 aromatic heterocycles. The molecule has 0 amide bonds. The highest BCUT2D eigenvalue weighted by atomic mass is 35.5. The highest BCUT2D eigenvalue weighted by molar-refractivity contribution is 6.34. The lowest BCUT2D eigenvalue weighted by atomic mass is 10.2. The number of hydrogen-bond donors (Lipinski definition) is 1. The Hall–Kier alpha value is -1.22. The van der Waals surface area contributed by atoms with Crippen LogP contribution in [0.2, 0.25) is 5.15 Å². The third kappa shape index (κ3) is 0.940. The zero-order valence-electron chi connectivity index (χ0n) is 6.58. The predicted octanol–water partition coefficient (Wildman–Crippen LogP) is 1.81. The fourth-order valence-corrected chi connectivity index (χ4v) is 1.38. The van der Waals surface area contributed by atoms with Crippen LogP contribution < -0.4 is 5.73 Å². The molecular weight excluding hydrogens is 174 g/mol. The first kappa shape index (κ1) is 7.43. The molecule has 0 aliphatic heterocycles. The van der Waals surface area contributed by atoms with Gasteiger partial charge in [0.05, 0.1) is 5.52 Å². The van der Waals surface area contributed by atoms with Gasteiger partial charge < -0.3 is 5.73 Å². The summed E-state index contributed by atoms with van der Waals surface area (Å²) in [5, 5.41) is 5.71. The van der Waals surface area contributed by atoms with Gasteiger partial charge in [0.2, 0.25) is 0 Å². The van der Waals surface area contributed by atoms with Gasteiger partial charge in [-0.2, -0.15) is 5.10 Å². The molecule has 0 spiro atoms. The van der Waals surface area contributed by atoms with Gasteiger partial charge in [0, 0.05) is 18.1 Å². The second-order valence-electron chi connectivity index (χ2n) is 2.69. The fourth-order valence-electron chi connectivity index (χ4n) is 1.19. The maximum absolute atomic E-state index is 5.96. The second kappa shape index (κ2) is 2.38. The molecule has 2 rings (SSSR count). The molecule has 0 aliphatic carbocycles. The minimum absolute atomic E-state index is 0.623. The lowest BCUT2D eigenvalue weighted by Crippen LogP contribution is -1.87. The van der Waals surface area contributed by atoms with E-state index < -0.39 is 0 Å². The molecule has 0 radical (unpaired) electrons. The van der Waals surface area contributed by atoms with Crippen LogP contribution in [-0.2, 0) is 7.05 Å². The molecule has 2 N–H and O–H groups in total. The molecule has 0 aliphatic rings. The molecule has 4 heteroatoms. The molecule has 0 unspecified atom stereocenters. The summed E-state index contributed by atoms with van der Waals surface area (Å²) in [7, 11) is 1.80. The van der Waals surface area contributed by atoms with E-state index >= 15 is 0 Å². The Balaban J connectivity index is 2.88. The molecular formula is C8H8ClN3. The van der Waals surface area contributed by atoms with Crippen molar-refractivity contribution < 1.29 is 0 Å². The van der Waals surface area contributed by atoms with Crippen LogP contribution in [0.5, 0.6) is 0 Å². The van der Waals surface area contributed by atoms with Gasteiger partial charge in [0.15, 0.2) is 0 Å². The topological polar surface area (TPSA) is 43.8 Å². The minimum atomic E-state index is 0.623. The third-order valence-corrected chi connectivity index (χ3v) is 2.23. The van der Waals surface area contributed by atoms with E-state index in [1.165, 1.54) is 0 Å². The van der Waals surface area contributed by atoms with Crippen molar-refractivity contribution in [2.45, 2.75) is 0 Å². The number of benzene rings is 1. The van der Waals surface area contributed by atoms with E-state index in [0.29, 0.717) is 10.8 Å². The van der Waals surface area contributed by atoms with Gasteiger partial charge in [0.25, 0.3) is 0 Å². The first-order valence-corrected chi connectivity index (χ1v) is 3.94. The number of aryl methyl sites for hydroxylation is 1. The number of nitrogen functional groups attached to an aromatic ring is 1. The summed E-state index contributed by atoms with van der Waals surface area (Å²) in [4.78, 5) is 0. The van der Waals surface area contributed by atoms with Crippen LogP contribution in [0.1, 0.15) is 0 Å². The van der Waals surface area contributed by atoms with E-state index in [9.17, 15) is 0 Å². The second-order valence-corrected chi connectivity index (χ2v) is 3.05. The summed E-state index contributed by atoms with van der Waals surface area (Å²) in [6.07, 6.45) is 0. The Labute approximate surface area is 74.7 Å². The number of aromatic nitrogens is 2. The Bertz CT molecular complexity index is 433. The van der Waals surface area contributed by atoms with Crippen LogP contribution in [0.3, 0.4) is 0 Å². The van der Waals surface area contributed by atoms with Gasteiger partial charge >= 0.3 is 0 Å². The molecule has 62 valence electrons. The summed E-state index contributed by atoms with van der Waals surface area (Å²) < 4.78 is 1.63. The quantitative estimate of drug-likeness (QED) is 0.630. The molecule has 1 aromatic carbocycles. The van der Waals surface area contributed by atoms with E-state index in [1.807, 2.05) is 18.2 Å². The Kier molecular flexibility index (Phi) is 1.48. The molecule has 12 heavy (non-hydrogen) atoms. The number of hydrogen-bond acceptors (Lipinski definition) is 2. The first-order chi connectivity index (χ1) is 5.68. The van der Waals surface area contributed by atoms with Crippen molar-refractivity contribution in [3.8, 4) is 0 Å². The van der Waals surface area contributed by atoms with Crippen molar-refractivity contribution >= 4 is 28.2 Å². The summed E-state index contributed by atoms with van der Waals surface area (Å²) >= 11 is 5.96. The number of anilines is 1. The maximum atomic E-state index is 5.96. The monoisotopic (exact) mass is 181 g/mol. The lowest BCUT2D eigenvalue weighted by molar-refractivity contribution is 0.780. The number of fused-ring (bicyclic) bond motifs is 1. The normalized spacial score (nSPS) is 10.8. The molecule has 3 nitrogen and oxygen atoms in total. The number of nitrogens with zero attached hydrogens (tertiary/aromatic N) is 2. The molecule has 0 saturated heterocycles. The molecule has 0 atom stereocenters. The number of halogens is 1. The third-order valence-electron chi connectivity index (χ3n) is 1.78.